The van der Waals surface area contributed by atoms with E-state index in [9.17, 15) is 0 Å². The second-order valence-corrected chi connectivity index (χ2v) is 17.1. The van der Waals surface area contributed by atoms with Gasteiger partial charge in [0.05, 0.1) is 0 Å². The third-order valence-electron chi connectivity index (χ3n) is 12.7. The van der Waals surface area contributed by atoms with Gasteiger partial charge in [0.25, 0.3) is 0 Å². The van der Waals surface area contributed by atoms with Crippen LogP contribution in [0.2, 0.25) is 0 Å². The van der Waals surface area contributed by atoms with Crippen LogP contribution in [0.25, 0.3) is 101 Å². The number of aromatic nitrogens is 2. The zero-order valence-electron chi connectivity index (χ0n) is 38.8. The van der Waals surface area contributed by atoms with E-state index in [2.05, 4.69) is 243 Å². The summed E-state index contributed by atoms with van der Waals surface area (Å²) in [6, 6.07) is 90.0. The topological polar surface area (TPSA) is 25.8 Å². The molecule has 2 aromatic heterocycles. The first-order chi connectivity index (χ1) is 34.7. The van der Waals surface area contributed by atoms with Crippen LogP contribution in [0.15, 0.2) is 267 Å². The third-order valence-corrected chi connectivity index (χ3v) is 12.7. The van der Waals surface area contributed by atoms with Gasteiger partial charge in [-0.2, -0.15) is 24.3 Å². The summed E-state index contributed by atoms with van der Waals surface area (Å²) in [4.78, 5) is 9.85. The minimum Gasteiger partial charge on any atom is -0.304 e. The fourth-order valence-electron chi connectivity index (χ4n) is 9.24. The van der Waals surface area contributed by atoms with Gasteiger partial charge in [-0.25, -0.2) is 11.1 Å². The molecule has 11 aromatic rings. The van der Waals surface area contributed by atoms with Crippen molar-refractivity contribution in [2.45, 2.75) is 0 Å². The summed E-state index contributed by atoms with van der Waals surface area (Å²) in [5.41, 5.74) is 21.6. The van der Waals surface area contributed by atoms with E-state index in [1.54, 1.807) is 0 Å². The Morgan fingerprint density at radius 2 is 0.507 bits per heavy atom. The Hall–Kier alpha value is -8.58. The third kappa shape index (κ3) is 10.4. The molecule has 0 radical (unpaired) electrons. The van der Waals surface area contributed by atoms with Gasteiger partial charge in [-0.15, -0.1) is 24.3 Å². The Labute approximate surface area is 430 Å². The molecule has 0 saturated carbocycles. The van der Waals surface area contributed by atoms with E-state index < -0.39 is 0 Å². The molecule has 0 saturated heterocycles. The van der Waals surface area contributed by atoms with Gasteiger partial charge in [-0.05, 0) is 149 Å². The average Bonchev–Trinajstić information content (AvgIpc) is 3.45. The van der Waals surface area contributed by atoms with Crippen LogP contribution in [-0.4, -0.2) is 9.97 Å². The molecule has 0 fully saturated rings. The molecule has 0 aliphatic rings. The molecule has 0 spiro atoms. The largest absolute Gasteiger partial charge is 2.00 e. The predicted octanol–water partition coefficient (Wildman–Crippen LogP) is 17.5. The van der Waals surface area contributed by atoms with Crippen LogP contribution in [-0.2, 0) is 20.4 Å². The van der Waals surface area contributed by atoms with Crippen LogP contribution in [0.4, 0.5) is 0 Å². The predicted molar refractivity (Wildman–Crippen MR) is 292 cm³/mol. The fraction of sp³-hybridized carbons (Fsp3) is 0. The molecule has 11 rings (SSSR count). The van der Waals surface area contributed by atoms with Crippen LogP contribution in [0.5, 0.6) is 0 Å². The SMILES string of the molecule is [C-](=Cc1ncccc1-c1ccccc1-c1cc(-c2ccccc2)cc(-c2ccccc2)c1)c1ccccc1[C-]=Cc1ncccc1-c1ccccc1-c1cc(-c2ccccc2)cc(-c2ccccc2)c1.[Pd+2]. The molecule has 71 heavy (non-hydrogen) atoms. The standard InChI is InChI=1S/C68H46N2.Pd/c1-5-21-49(22-6-1)55-43-56(50-23-7-2-8-24-50)46-59(45-55)61-31-15-17-33-63(61)65-35-19-41-69-67(65)39-37-53-29-13-14-30-54(53)38-40-68-66(36-20-42-70-68)64-34-18-16-32-62(64)60-47-57(51-25-9-3-10-26-51)44-58(48-60)52-27-11-4-12-28-52;/h1-36,39-48H;/q-2;+2. The molecule has 2 nitrogen and oxygen atoms in total. The molecule has 2 heterocycles. The van der Waals surface area contributed by atoms with Crippen molar-refractivity contribution in [3.05, 3.63) is 302 Å². The molecule has 0 aliphatic carbocycles. The van der Waals surface area contributed by atoms with Gasteiger partial charge in [-0.1, -0.05) is 182 Å². The Morgan fingerprint density at radius 3 is 0.845 bits per heavy atom. The average molecular weight is 998 g/mol. The summed E-state index contributed by atoms with van der Waals surface area (Å²) in [5, 5.41) is 0. The van der Waals surface area contributed by atoms with E-state index in [1.165, 1.54) is 44.5 Å². The maximum Gasteiger partial charge on any atom is 2.00 e. The first-order valence-corrected chi connectivity index (χ1v) is 23.6. The smallest absolute Gasteiger partial charge is 0.304 e. The van der Waals surface area contributed by atoms with Crippen molar-refractivity contribution in [1.82, 2.24) is 9.97 Å². The minimum absolute atomic E-state index is 0. The molecule has 0 unspecified atom stereocenters. The van der Waals surface area contributed by atoms with Gasteiger partial charge in [0.1, 0.15) is 0 Å². The molecular formula is C68H46N2Pd. The maximum atomic E-state index is 4.93. The molecule has 338 valence electrons. The molecule has 0 bridgehead atoms. The number of nitrogens with zero attached hydrogens (tertiary/aromatic N) is 2. The number of pyridine rings is 2. The molecule has 0 aliphatic heterocycles. The summed E-state index contributed by atoms with van der Waals surface area (Å²) in [6.07, 6.45) is 14.9. The van der Waals surface area contributed by atoms with Crippen molar-refractivity contribution in [3.63, 3.8) is 0 Å². The summed E-state index contributed by atoms with van der Waals surface area (Å²) in [5.74, 6) is 0. The number of hydrogen-bond acceptors (Lipinski definition) is 2. The van der Waals surface area contributed by atoms with Crippen LogP contribution in [0.3, 0.4) is 0 Å². The van der Waals surface area contributed by atoms with E-state index in [4.69, 9.17) is 9.97 Å². The van der Waals surface area contributed by atoms with Crippen LogP contribution in [0.1, 0.15) is 22.5 Å². The fourth-order valence-corrected chi connectivity index (χ4v) is 9.24. The zero-order chi connectivity index (χ0) is 46.9. The van der Waals surface area contributed by atoms with Crippen molar-refractivity contribution in [3.8, 4) is 89.0 Å². The second-order valence-electron chi connectivity index (χ2n) is 17.1. The van der Waals surface area contributed by atoms with E-state index in [0.717, 1.165) is 67.0 Å². The molecule has 9 aromatic carbocycles. The van der Waals surface area contributed by atoms with Crippen molar-refractivity contribution in [2.24, 2.45) is 0 Å². The van der Waals surface area contributed by atoms with Gasteiger partial charge in [0.15, 0.2) is 0 Å². The van der Waals surface area contributed by atoms with Crippen LogP contribution < -0.4 is 0 Å². The number of benzene rings is 9. The summed E-state index contributed by atoms with van der Waals surface area (Å²) >= 11 is 0. The summed E-state index contributed by atoms with van der Waals surface area (Å²) in [7, 11) is 0. The van der Waals surface area contributed by atoms with Crippen LogP contribution in [0, 0.1) is 12.2 Å². The van der Waals surface area contributed by atoms with Crippen LogP contribution >= 0.6 is 0 Å². The zero-order valence-corrected chi connectivity index (χ0v) is 40.3. The monoisotopic (exact) mass is 996 g/mol. The quantitative estimate of drug-likeness (QED) is 0.0900. The molecule has 0 N–H and O–H groups in total. The number of rotatable bonds is 12. The van der Waals surface area contributed by atoms with E-state index in [-0.39, 0.29) is 20.4 Å². The number of hydrogen-bond donors (Lipinski definition) is 0. The van der Waals surface area contributed by atoms with Gasteiger partial charge in [0.2, 0.25) is 0 Å². The van der Waals surface area contributed by atoms with Crippen molar-refractivity contribution in [1.29, 1.82) is 0 Å². The molecule has 3 heteroatoms. The van der Waals surface area contributed by atoms with Gasteiger partial charge in [-0.3, -0.25) is 0 Å². The van der Waals surface area contributed by atoms with E-state index >= 15 is 0 Å². The molecular weight excluding hydrogens is 951 g/mol. The van der Waals surface area contributed by atoms with E-state index in [0.29, 0.717) is 0 Å². The van der Waals surface area contributed by atoms with E-state index in [1.807, 2.05) is 48.8 Å². The van der Waals surface area contributed by atoms with Crippen molar-refractivity contribution in [2.75, 3.05) is 0 Å². The Morgan fingerprint density at radius 1 is 0.239 bits per heavy atom. The Kier molecular flexibility index (Phi) is 14.2. The normalized spacial score (nSPS) is 11.2. The first kappa shape index (κ1) is 46.2. The maximum absolute atomic E-state index is 4.93. The molecule has 0 atom stereocenters. The Balaban J connectivity index is 0.00000582. The summed E-state index contributed by atoms with van der Waals surface area (Å²) < 4.78 is 0. The molecule has 0 amide bonds. The van der Waals surface area contributed by atoms with Gasteiger partial charge in [0, 0.05) is 12.4 Å². The van der Waals surface area contributed by atoms with Crippen molar-refractivity contribution >= 4 is 12.2 Å². The Bertz CT molecular complexity index is 3280. The minimum atomic E-state index is 0. The second kappa shape index (κ2) is 21.8. The van der Waals surface area contributed by atoms with Gasteiger partial charge < -0.3 is 9.97 Å². The summed E-state index contributed by atoms with van der Waals surface area (Å²) in [6.45, 7) is 0. The first-order valence-electron chi connectivity index (χ1n) is 23.6. The van der Waals surface area contributed by atoms with Gasteiger partial charge >= 0.3 is 20.4 Å². The van der Waals surface area contributed by atoms with Crippen molar-refractivity contribution < 1.29 is 20.4 Å².